The van der Waals surface area contributed by atoms with Gasteiger partial charge in [0.1, 0.15) is 6.04 Å². The zero-order chi connectivity index (χ0) is 14.1. The molecule has 0 aromatic rings. The second-order valence-electron chi connectivity index (χ2n) is 4.54. The summed E-state index contributed by atoms with van der Waals surface area (Å²) in [4.78, 5) is 22.6. The Labute approximate surface area is 109 Å². The third kappa shape index (κ3) is 7.06. The molecule has 0 fully saturated rings. The second kappa shape index (κ2) is 8.69. The molecule has 0 unspecified atom stereocenters. The minimum atomic E-state index is -0.414. The zero-order valence-electron chi connectivity index (χ0n) is 11.7. The third-order valence-electron chi connectivity index (χ3n) is 2.18. The topological polar surface area (TPSA) is 64.6 Å². The molecule has 1 N–H and O–H groups in total. The van der Waals surface area contributed by atoms with E-state index in [1.54, 1.807) is 6.08 Å². The van der Waals surface area contributed by atoms with Crippen molar-refractivity contribution >= 4 is 11.9 Å². The smallest absolute Gasteiger partial charge is 0.330 e. The summed E-state index contributed by atoms with van der Waals surface area (Å²) in [6.07, 6.45) is 2.80. The van der Waals surface area contributed by atoms with Crippen LogP contribution in [0.5, 0.6) is 0 Å². The SMILES string of the molecule is COC(=O)C=CCN[C@@H](C(=O)OC(C)C)C(C)C. The van der Waals surface area contributed by atoms with E-state index in [1.807, 2.05) is 27.7 Å². The van der Waals surface area contributed by atoms with Crippen LogP contribution in [0.2, 0.25) is 0 Å². The van der Waals surface area contributed by atoms with E-state index in [0.717, 1.165) is 0 Å². The molecule has 0 aliphatic heterocycles. The minimum Gasteiger partial charge on any atom is -0.466 e. The van der Waals surface area contributed by atoms with Gasteiger partial charge in [-0.25, -0.2) is 4.79 Å². The second-order valence-corrected chi connectivity index (χ2v) is 4.54. The van der Waals surface area contributed by atoms with Crippen molar-refractivity contribution < 1.29 is 19.1 Å². The maximum atomic E-state index is 11.8. The summed E-state index contributed by atoms with van der Waals surface area (Å²) in [7, 11) is 1.32. The molecule has 0 aromatic heterocycles. The molecule has 18 heavy (non-hydrogen) atoms. The molecule has 0 rings (SSSR count). The molecule has 0 aromatic carbocycles. The minimum absolute atomic E-state index is 0.114. The van der Waals surface area contributed by atoms with Gasteiger partial charge >= 0.3 is 11.9 Å². The van der Waals surface area contributed by atoms with Crippen LogP contribution >= 0.6 is 0 Å². The fourth-order valence-corrected chi connectivity index (χ4v) is 1.32. The van der Waals surface area contributed by atoms with Gasteiger partial charge in [0.25, 0.3) is 0 Å². The number of carbonyl (C=O) groups excluding carboxylic acids is 2. The van der Waals surface area contributed by atoms with Crippen molar-refractivity contribution in [3.63, 3.8) is 0 Å². The quantitative estimate of drug-likeness (QED) is 0.550. The molecular formula is C13H23NO4. The van der Waals surface area contributed by atoms with Crippen LogP contribution in [0.4, 0.5) is 0 Å². The summed E-state index contributed by atoms with van der Waals surface area (Å²) in [5, 5.41) is 3.03. The molecule has 104 valence electrons. The van der Waals surface area contributed by atoms with E-state index in [2.05, 4.69) is 10.1 Å². The van der Waals surface area contributed by atoms with E-state index in [0.29, 0.717) is 6.54 Å². The fourth-order valence-electron chi connectivity index (χ4n) is 1.32. The number of esters is 2. The van der Waals surface area contributed by atoms with Crippen LogP contribution in [0.1, 0.15) is 27.7 Å². The Morgan fingerprint density at radius 3 is 2.28 bits per heavy atom. The first-order chi connectivity index (χ1) is 8.38. The highest BCUT2D eigenvalue weighted by Crippen LogP contribution is 2.05. The van der Waals surface area contributed by atoms with Crippen LogP contribution in [0.25, 0.3) is 0 Å². The summed E-state index contributed by atoms with van der Waals surface area (Å²) in [5.41, 5.74) is 0. The van der Waals surface area contributed by atoms with Crippen LogP contribution in [0.15, 0.2) is 12.2 Å². The first-order valence-electron chi connectivity index (χ1n) is 6.06. The van der Waals surface area contributed by atoms with Crippen LogP contribution < -0.4 is 5.32 Å². The van der Waals surface area contributed by atoms with Gasteiger partial charge in [0, 0.05) is 12.6 Å². The Bertz CT molecular complexity index is 297. The Kier molecular flexibility index (Phi) is 8.03. The molecule has 5 nitrogen and oxygen atoms in total. The first-order valence-corrected chi connectivity index (χ1v) is 6.06. The van der Waals surface area contributed by atoms with Gasteiger partial charge in [0.2, 0.25) is 0 Å². The molecule has 0 saturated carbocycles. The summed E-state index contributed by atoms with van der Waals surface area (Å²) in [6, 6.07) is -0.380. The van der Waals surface area contributed by atoms with Crippen LogP contribution in [-0.4, -0.2) is 37.7 Å². The number of hydrogen-bond acceptors (Lipinski definition) is 5. The van der Waals surface area contributed by atoms with Crippen molar-refractivity contribution in [2.45, 2.75) is 39.8 Å². The number of rotatable bonds is 7. The van der Waals surface area contributed by atoms with Crippen LogP contribution in [-0.2, 0) is 19.1 Å². The van der Waals surface area contributed by atoms with Gasteiger partial charge in [-0.05, 0) is 19.8 Å². The Morgan fingerprint density at radius 1 is 1.22 bits per heavy atom. The van der Waals surface area contributed by atoms with E-state index < -0.39 is 5.97 Å². The number of nitrogens with one attached hydrogen (secondary N) is 1. The lowest BCUT2D eigenvalue weighted by Gasteiger charge is -2.21. The highest BCUT2D eigenvalue weighted by atomic mass is 16.5. The number of hydrogen-bond donors (Lipinski definition) is 1. The first kappa shape index (κ1) is 16.6. The molecular weight excluding hydrogens is 234 g/mol. The Hall–Kier alpha value is -1.36. The monoisotopic (exact) mass is 257 g/mol. The molecule has 5 heteroatoms. The standard InChI is InChI=1S/C13H23NO4/c1-9(2)12(13(16)18-10(3)4)14-8-6-7-11(15)17-5/h6-7,9-10,12,14H,8H2,1-5H3/t12-/m1/s1. The predicted octanol–water partition coefficient (Wildman–Crippen LogP) is 1.28. The van der Waals surface area contributed by atoms with Gasteiger partial charge in [-0.2, -0.15) is 0 Å². The molecule has 1 atom stereocenters. The molecule has 0 amide bonds. The van der Waals surface area contributed by atoms with E-state index >= 15 is 0 Å². The van der Waals surface area contributed by atoms with Crippen molar-refractivity contribution in [2.24, 2.45) is 5.92 Å². The van der Waals surface area contributed by atoms with Gasteiger partial charge in [-0.3, -0.25) is 4.79 Å². The molecule has 0 aliphatic rings. The van der Waals surface area contributed by atoms with Gasteiger partial charge in [0.15, 0.2) is 0 Å². The van der Waals surface area contributed by atoms with Crippen LogP contribution in [0, 0.1) is 5.92 Å². The largest absolute Gasteiger partial charge is 0.466 e. The lowest BCUT2D eigenvalue weighted by molar-refractivity contribution is -0.151. The van der Waals surface area contributed by atoms with Crippen molar-refractivity contribution in [3.8, 4) is 0 Å². The van der Waals surface area contributed by atoms with E-state index in [9.17, 15) is 9.59 Å². The normalized spacial score (nSPS) is 13.1. The molecule has 0 spiro atoms. The highest BCUT2D eigenvalue weighted by Gasteiger charge is 2.23. The summed E-state index contributed by atoms with van der Waals surface area (Å²) in [6.45, 7) is 7.90. The Morgan fingerprint density at radius 2 is 1.83 bits per heavy atom. The van der Waals surface area contributed by atoms with Gasteiger partial charge in [-0.15, -0.1) is 0 Å². The van der Waals surface area contributed by atoms with Crippen molar-refractivity contribution in [1.29, 1.82) is 0 Å². The van der Waals surface area contributed by atoms with E-state index in [1.165, 1.54) is 13.2 Å². The maximum absolute atomic E-state index is 11.8. The third-order valence-corrected chi connectivity index (χ3v) is 2.18. The van der Waals surface area contributed by atoms with Crippen molar-refractivity contribution in [3.05, 3.63) is 12.2 Å². The zero-order valence-corrected chi connectivity index (χ0v) is 11.7. The van der Waals surface area contributed by atoms with Crippen molar-refractivity contribution in [1.82, 2.24) is 5.32 Å². The lowest BCUT2D eigenvalue weighted by atomic mass is 10.0. The lowest BCUT2D eigenvalue weighted by Crippen LogP contribution is -2.43. The number of ether oxygens (including phenoxy) is 2. The molecule has 0 radical (unpaired) electrons. The molecule has 0 aliphatic carbocycles. The highest BCUT2D eigenvalue weighted by molar-refractivity contribution is 5.81. The average molecular weight is 257 g/mol. The molecule has 0 heterocycles. The van der Waals surface area contributed by atoms with Gasteiger partial charge in [-0.1, -0.05) is 19.9 Å². The summed E-state index contributed by atoms with van der Waals surface area (Å²) in [5.74, 6) is -0.572. The van der Waals surface area contributed by atoms with Gasteiger partial charge in [0.05, 0.1) is 13.2 Å². The van der Waals surface area contributed by atoms with Crippen molar-refractivity contribution in [2.75, 3.05) is 13.7 Å². The predicted molar refractivity (Wildman–Crippen MR) is 69.0 cm³/mol. The Balaban J connectivity index is 4.25. The maximum Gasteiger partial charge on any atom is 0.330 e. The van der Waals surface area contributed by atoms with Gasteiger partial charge < -0.3 is 14.8 Å². The summed E-state index contributed by atoms with van der Waals surface area (Å²) >= 11 is 0. The van der Waals surface area contributed by atoms with E-state index in [-0.39, 0.29) is 24.0 Å². The molecule has 0 bridgehead atoms. The number of carbonyl (C=O) groups is 2. The fraction of sp³-hybridized carbons (Fsp3) is 0.692. The average Bonchev–Trinajstić information content (AvgIpc) is 2.26. The number of methoxy groups -OCH3 is 1. The van der Waals surface area contributed by atoms with E-state index in [4.69, 9.17) is 4.74 Å². The van der Waals surface area contributed by atoms with Crippen LogP contribution in [0.3, 0.4) is 0 Å². The molecule has 0 saturated heterocycles. The summed E-state index contributed by atoms with van der Waals surface area (Å²) < 4.78 is 9.62.